The number of benzene rings is 3. The average molecular weight is 576 g/mol. The van der Waals surface area contributed by atoms with E-state index in [4.69, 9.17) is 14.2 Å². The fraction of sp³-hybridized carbons (Fsp3) is 0.344. The minimum atomic E-state index is -0.468. The van der Waals surface area contributed by atoms with Gasteiger partial charge in [0.15, 0.2) is 0 Å². The van der Waals surface area contributed by atoms with Crippen molar-refractivity contribution in [1.29, 1.82) is 0 Å². The van der Waals surface area contributed by atoms with E-state index in [-0.39, 0.29) is 55.5 Å². The molecular formula is C32H34FN3O6. The van der Waals surface area contributed by atoms with Gasteiger partial charge in [0, 0.05) is 43.2 Å². The van der Waals surface area contributed by atoms with E-state index in [1.807, 2.05) is 24.3 Å². The summed E-state index contributed by atoms with van der Waals surface area (Å²) >= 11 is 0. The molecule has 1 fully saturated rings. The molecule has 220 valence electrons. The van der Waals surface area contributed by atoms with Gasteiger partial charge in [-0.25, -0.2) is 4.39 Å². The lowest BCUT2D eigenvalue weighted by Gasteiger charge is -2.39. The second-order valence-corrected chi connectivity index (χ2v) is 10.6. The summed E-state index contributed by atoms with van der Waals surface area (Å²) in [5.74, 6) is 0.212. The van der Waals surface area contributed by atoms with E-state index in [2.05, 4.69) is 10.6 Å². The van der Waals surface area contributed by atoms with Crippen molar-refractivity contribution in [2.45, 2.75) is 44.9 Å². The van der Waals surface area contributed by atoms with Crippen molar-refractivity contribution in [3.8, 4) is 17.2 Å². The molecule has 0 spiro atoms. The molecule has 2 atom stereocenters. The van der Waals surface area contributed by atoms with Crippen LogP contribution in [0.5, 0.6) is 17.2 Å². The van der Waals surface area contributed by atoms with Crippen molar-refractivity contribution in [3.63, 3.8) is 0 Å². The Morgan fingerprint density at radius 3 is 2.74 bits per heavy atom. The molecule has 5 rings (SSSR count). The number of rotatable bonds is 2. The average Bonchev–Trinajstić information content (AvgIpc) is 2.97. The summed E-state index contributed by atoms with van der Waals surface area (Å²) in [7, 11) is 1.52. The molecule has 2 aliphatic rings. The Labute approximate surface area is 243 Å². The zero-order valence-corrected chi connectivity index (χ0v) is 23.7. The van der Waals surface area contributed by atoms with E-state index >= 15 is 0 Å². The quantitative estimate of drug-likeness (QED) is 0.470. The number of likely N-dealkylation sites (tertiary alicyclic amines) is 1. The first-order valence-electron chi connectivity index (χ1n) is 14.0. The molecule has 1 saturated heterocycles. The number of piperidine rings is 1. The number of hydrogen-bond donors (Lipinski definition) is 2. The van der Waals surface area contributed by atoms with Crippen LogP contribution in [0.15, 0.2) is 60.7 Å². The molecule has 0 unspecified atom stereocenters. The maximum atomic E-state index is 14.0. The molecule has 3 aromatic rings. The van der Waals surface area contributed by atoms with Gasteiger partial charge < -0.3 is 29.7 Å². The van der Waals surface area contributed by atoms with Crippen LogP contribution in [0, 0.1) is 12.7 Å². The van der Waals surface area contributed by atoms with Crippen molar-refractivity contribution < 1.29 is 33.0 Å². The lowest BCUT2D eigenvalue weighted by atomic mass is 10.00. The van der Waals surface area contributed by atoms with Crippen molar-refractivity contribution in [2.75, 3.05) is 26.7 Å². The molecule has 42 heavy (non-hydrogen) atoms. The van der Waals surface area contributed by atoms with Gasteiger partial charge in [0.05, 0.1) is 25.9 Å². The maximum absolute atomic E-state index is 14.0. The Morgan fingerprint density at radius 1 is 1.07 bits per heavy atom. The minimum absolute atomic E-state index is 0.176. The van der Waals surface area contributed by atoms with Gasteiger partial charge in [0.25, 0.3) is 11.8 Å². The maximum Gasteiger partial charge on any atom is 0.254 e. The summed E-state index contributed by atoms with van der Waals surface area (Å²) in [6.45, 7) is 2.91. The number of fused-ring (bicyclic) bond motifs is 5. The Bertz CT molecular complexity index is 1460. The summed E-state index contributed by atoms with van der Waals surface area (Å²) in [5, 5.41) is 5.87. The van der Waals surface area contributed by atoms with Gasteiger partial charge in [0.1, 0.15) is 23.1 Å². The van der Waals surface area contributed by atoms with Crippen LogP contribution in [0.2, 0.25) is 0 Å². The molecule has 3 aromatic carbocycles. The van der Waals surface area contributed by atoms with Gasteiger partial charge in [-0.05, 0) is 73.4 Å². The number of methoxy groups -OCH3 is 1. The van der Waals surface area contributed by atoms with Crippen molar-refractivity contribution in [2.24, 2.45) is 0 Å². The number of hydrogen-bond acceptors (Lipinski definition) is 6. The molecule has 10 heteroatoms. The zero-order valence-electron chi connectivity index (χ0n) is 23.7. The lowest BCUT2D eigenvalue weighted by molar-refractivity contribution is -0.124. The standard InChI is InChI=1S/C32H34FN3O6/c1-20-11-23(14-24(33)12-20)32(39)36-10-8-29-28(18-36)35-30(37)7-4-9-34-31(38)22-15-26(40-2)17-27(16-22)42-25-6-3-5-21(13-25)19-41-29/h3,5-6,11-17,28-29H,4,7-10,18-19H2,1-2H3,(H,34,38)(H,35,37)/t28-,29-/m0/s1. The summed E-state index contributed by atoms with van der Waals surface area (Å²) < 4.78 is 31.7. The van der Waals surface area contributed by atoms with E-state index in [1.165, 1.54) is 19.2 Å². The predicted octanol–water partition coefficient (Wildman–Crippen LogP) is 4.37. The van der Waals surface area contributed by atoms with Crippen LogP contribution in [0.1, 0.15) is 51.1 Å². The SMILES string of the molecule is COc1cc2cc(c1)C(=O)NCCCC(=O)N[C@H]1CN(C(=O)c3cc(C)cc(F)c3)CC[C@@H]1OCc1cccc(c1)O2. The predicted molar refractivity (Wildman–Crippen MR) is 153 cm³/mol. The molecule has 3 amide bonds. The largest absolute Gasteiger partial charge is 0.497 e. The first-order valence-corrected chi connectivity index (χ1v) is 14.0. The molecule has 0 aromatic heterocycles. The number of ether oxygens (including phenoxy) is 3. The molecule has 2 heterocycles. The number of nitrogens with zero attached hydrogens (tertiary/aromatic N) is 1. The Hall–Kier alpha value is -4.44. The first-order chi connectivity index (χ1) is 20.3. The zero-order chi connectivity index (χ0) is 29.6. The first kappa shape index (κ1) is 29.1. The molecular weight excluding hydrogens is 541 g/mol. The van der Waals surface area contributed by atoms with Gasteiger partial charge in [-0.2, -0.15) is 0 Å². The van der Waals surface area contributed by atoms with Gasteiger partial charge >= 0.3 is 0 Å². The van der Waals surface area contributed by atoms with Crippen molar-refractivity contribution in [3.05, 3.63) is 88.7 Å². The van der Waals surface area contributed by atoms with E-state index in [1.54, 1.807) is 36.1 Å². The smallest absolute Gasteiger partial charge is 0.254 e. The summed E-state index contributed by atoms with van der Waals surface area (Å²) in [6.07, 6.45) is 0.731. The van der Waals surface area contributed by atoms with E-state index in [0.717, 1.165) is 5.56 Å². The molecule has 9 nitrogen and oxygen atoms in total. The van der Waals surface area contributed by atoms with Gasteiger partial charge in [-0.15, -0.1) is 0 Å². The lowest BCUT2D eigenvalue weighted by Crippen LogP contribution is -2.57. The Balaban J connectivity index is 1.36. The highest BCUT2D eigenvalue weighted by Crippen LogP contribution is 2.29. The molecule has 0 saturated carbocycles. The second-order valence-electron chi connectivity index (χ2n) is 10.6. The van der Waals surface area contributed by atoms with E-state index < -0.39 is 11.9 Å². The van der Waals surface area contributed by atoms with Crippen molar-refractivity contribution >= 4 is 17.7 Å². The normalized spacial score (nSPS) is 19.7. The molecule has 0 aliphatic carbocycles. The minimum Gasteiger partial charge on any atom is -0.497 e. The third kappa shape index (κ3) is 7.25. The van der Waals surface area contributed by atoms with E-state index in [0.29, 0.717) is 47.8 Å². The number of carbonyl (C=O) groups excluding carboxylic acids is 3. The number of amides is 3. The van der Waals surface area contributed by atoms with Gasteiger partial charge in [0.2, 0.25) is 5.91 Å². The fourth-order valence-corrected chi connectivity index (χ4v) is 5.25. The summed E-state index contributed by atoms with van der Waals surface area (Å²) in [5.41, 5.74) is 2.16. The van der Waals surface area contributed by atoms with Crippen LogP contribution in [-0.2, 0) is 16.1 Å². The van der Waals surface area contributed by atoms with Crippen LogP contribution in [0.3, 0.4) is 0 Å². The van der Waals surface area contributed by atoms with Gasteiger partial charge in [-0.3, -0.25) is 14.4 Å². The molecule has 4 bridgehead atoms. The molecule has 0 radical (unpaired) electrons. The number of halogens is 1. The fourth-order valence-electron chi connectivity index (χ4n) is 5.25. The highest BCUT2D eigenvalue weighted by atomic mass is 19.1. The van der Waals surface area contributed by atoms with Crippen molar-refractivity contribution in [1.82, 2.24) is 15.5 Å². The Morgan fingerprint density at radius 2 is 1.93 bits per heavy atom. The molecule has 2 N–H and O–H groups in total. The van der Waals surface area contributed by atoms with Crippen LogP contribution < -0.4 is 20.1 Å². The molecule has 2 aliphatic heterocycles. The highest BCUT2D eigenvalue weighted by molar-refractivity contribution is 5.95. The summed E-state index contributed by atoms with van der Waals surface area (Å²) in [6, 6.07) is 16.2. The van der Waals surface area contributed by atoms with Crippen LogP contribution in [-0.4, -0.2) is 61.5 Å². The monoisotopic (exact) mass is 575 g/mol. The number of aryl methyl sites for hydroxylation is 1. The van der Waals surface area contributed by atoms with Crippen LogP contribution >= 0.6 is 0 Å². The number of carbonyl (C=O) groups is 3. The van der Waals surface area contributed by atoms with Gasteiger partial charge in [-0.1, -0.05) is 12.1 Å². The summed E-state index contributed by atoms with van der Waals surface area (Å²) in [4.78, 5) is 40.7. The third-order valence-electron chi connectivity index (χ3n) is 7.31. The third-order valence-corrected chi connectivity index (χ3v) is 7.31. The highest BCUT2D eigenvalue weighted by Gasteiger charge is 2.34. The second kappa shape index (κ2) is 13.0. The van der Waals surface area contributed by atoms with E-state index in [9.17, 15) is 18.8 Å². The van der Waals surface area contributed by atoms with Crippen LogP contribution in [0.4, 0.5) is 4.39 Å². The van der Waals surface area contributed by atoms with Crippen LogP contribution in [0.25, 0.3) is 0 Å². The topological polar surface area (TPSA) is 106 Å². The number of nitrogens with one attached hydrogen (secondary N) is 2. The Kier molecular flexibility index (Phi) is 9.02.